The number of aryl methyl sites for hydroxylation is 1. The van der Waals surface area contributed by atoms with Crippen molar-refractivity contribution < 1.29 is 9.53 Å². The number of methoxy groups -OCH3 is 1. The number of benzene rings is 2. The summed E-state index contributed by atoms with van der Waals surface area (Å²) in [5.41, 5.74) is 3.79. The van der Waals surface area contributed by atoms with Crippen LogP contribution in [0.1, 0.15) is 27.9 Å². The molecule has 0 saturated heterocycles. The highest BCUT2D eigenvalue weighted by atomic mass is 35.5. The lowest BCUT2D eigenvalue weighted by molar-refractivity contribution is 0.0984. The van der Waals surface area contributed by atoms with Gasteiger partial charge in [0.1, 0.15) is 5.75 Å². The van der Waals surface area contributed by atoms with Gasteiger partial charge >= 0.3 is 0 Å². The van der Waals surface area contributed by atoms with Crippen LogP contribution in [0.4, 0.5) is 5.69 Å². The van der Waals surface area contributed by atoms with Crippen LogP contribution < -0.4 is 9.64 Å². The van der Waals surface area contributed by atoms with Gasteiger partial charge in [0.05, 0.1) is 23.4 Å². The number of rotatable bonds is 2. The van der Waals surface area contributed by atoms with E-state index in [0.29, 0.717) is 17.1 Å². The highest BCUT2D eigenvalue weighted by molar-refractivity contribution is 6.34. The zero-order valence-electron chi connectivity index (χ0n) is 12.7. The van der Waals surface area contributed by atoms with E-state index in [-0.39, 0.29) is 5.91 Å². The summed E-state index contributed by atoms with van der Waals surface area (Å²) >= 11 is 6.19. The Morgan fingerprint density at radius 1 is 1.23 bits per heavy atom. The zero-order chi connectivity index (χ0) is 15.7. The fourth-order valence-corrected chi connectivity index (χ4v) is 3.22. The molecule has 1 amide bonds. The van der Waals surface area contributed by atoms with E-state index in [0.717, 1.165) is 24.3 Å². The van der Waals surface area contributed by atoms with E-state index in [1.807, 2.05) is 24.3 Å². The second-order valence-electron chi connectivity index (χ2n) is 5.45. The van der Waals surface area contributed by atoms with Gasteiger partial charge in [-0.25, -0.2) is 0 Å². The second-order valence-corrected chi connectivity index (χ2v) is 5.86. The molecule has 0 saturated carbocycles. The quantitative estimate of drug-likeness (QED) is 0.829. The summed E-state index contributed by atoms with van der Waals surface area (Å²) in [5.74, 6) is 0.663. The van der Waals surface area contributed by atoms with E-state index >= 15 is 0 Å². The molecule has 114 valence electrons. The van der Waals surface area contributed by atoms with Gasteiger partial charge in [0.15, 0.2) is 0 Å². The topological polar surface area (TPSA) is 29.5 Å². The van der Waals surface area contributed by atoms with Crippen molar-refractivity contribution in [3.8, 4) is 5.75 Å². The number of hydrogen-bond acceptors (Lipinski definition) is 2. The van der Waals surface area contributed by atoms with Gasteiger partial charge in [0.25, 0.3) is 5.91 Å². The first-order valence-corrected chi connectivity index (χ1v) is 7.74. The fraction of sp³-hybridized carbons (Fsp3) is 0.278. The molecular weight excluding hydrogens is 298 g/mol. The lowest BCUT2D eigenvalue weighted by Crippen LogP contribution is -2.36. The molecular formula is C18H18ClNO2. The first-order valence-electron chi connectivity index (χ1n) is 7.36. The maximum Gasteiger partial charge on any atom is 0.259 e. The van der Waals surface area contributed by atoms with Gasteiger partial charge < -0.3 is 9.64 Å². The summed E-state index contributed by atoms with van der Waals surface area (Å²) in [6.45, 7) is 2.75. The minimum Gasteiger partial charge on any atom is -0.495 e. The summed E-state index contributed by atoms with van der Waals surface area (Å²) in [6, 6.07) is 11.1. The smallest absolute Gasteiger partial charge is 0.259 e. The first kappa shape index (κ1) is 14.9. The average Bonchev–Trinajstić information content (AvgIpc) is 2.55. The molecule has 1 aliphatic rings. The van der Waals surface area contributed by atoms with Crippen molar-refractivity contribution in [2.75, 3.05) is 18.6 Å². The number of ether oxygens (including phenoxy) is 1. The number of hydrogen-bond donors (Lipinski definition) is 0. The Kier molecular flexibility index (Phi) is 4.08. The molecule has 2 aromatic carbocycles. The molecule has 1 aliphatic heterocycles. The Morgan fingerprint density at radius 2 is 2.00 bits per heavy atom. The molecule has 3 nitrogen and oxygen atoms in total. The summed E-state index contributed by atoms with van der Waals surface area (Å²) in [4.78, 5) is 14.7. The van der Waals surface area contributed by atoms with Crippen LogP contribution in [0.5, 0.6) is 5.75 Å². The van der Waals surface area contributed by atoms with Gasteiger partial charge in [-0.15, -0.1) is 0 Å². The number of carbonyl (C=O) groups is 1. The molecule has 0 radical (unpaired) electrons. The van der Waals surface area contributed by atoms with Crippen molar-refractivity contribution in [1.82, 2.24) is 0 Å². The lowest BCUT2D eigenvalue weighted by Gasteiger charge is -2.32. The predicted molar refractivity (Wildman–Crippen MR) is 89.2 cm³/mol. The van der Waals surface area contributed by atoms with E-state index in [4.69, 9.17) is 16.3 Å². The molecule has 4 heteroatoms. The summed E-state index contributed by atoms with van der Waals surface area (Å²) < 4.78 is 5.49. The molecule has 0 atom stereocenters. The molecule has 0 spiro atoms. The third-order valence-electron chi connectivity index (χ3n) is 4.13. The molecule has 0 aliphatic carbocycles. The largest absolute Gasteiger partial charge is 0.495 e. The molecule has 0 fully saturated rings. The van der Waals surface area contributed by atoms with Crippen LogP contribution in [0.15, 0.2) is 36.4 Å². The zero-order valence-corrected chi connectivity index (χ0v) is 13.5. The molecule has 3 rings (SSSR count). The average molecular weight is 316 g/mol. The number of amides is 1. The van der Waals surface area contributed by atoms with E-state index in [2.05, 4.69) is 6.92 Å². The monoisotopic (exact) mass is 315 g/mol. The standard InChI is InChI=1S/C18H18ClNO2/c1-12-9-10-16(22-2)17-13(12)7-5-11-20(17)18(21)14-6-3-4-8-15(14)19/h3-4,6,8-10H,5,7,11H2,1-2H3. The van der Waals surface area contributed by atoms with Crippen molar-refractivity contribution in [2.24, 2.45) is 0 Å². The van der Waals surface area contributed by atoms with E-state index in [1.54, 1.807) is 24.1 Å². The van der Waals surface area contributed by atoms with Crippen LogP contribution in [0, 0.1) is 6.92 Å². The maximum atomic E-state index is 12.9. The molecule has 0 aromatic heterocycles. The summed E-state index contributed by atoms with van der Waals surface area (Å²) in [6.07, 6.45) is 1.90. The van der Waals surface area contributed by atoms with Gasteiger partial charge in [-0.3, -0.25) is 4.79 Å². The van der Waals surface area contributed by atoms with E-state index in [9.17, 15) is 4.79 Å². The SMILES string of the molecule is COc1ccc(C)c2c1N(C(=O)c1ccccc1Cl)CCC2. The van der Waals surface area contributed by atoms with Crippen molar-refractivity contribution in [2.45, 2.75) is 19.8 Å². The van der Waals surface area contributed by atoms with Crippen molar-refractivity contribution in [3.05, 3.63) is 58.1 Å². The lowest BCUT2D eigenvalue weighted by atomic mass is 9.95. The third-order valence-corrected chi connectivity index (χ3v) is 4.46. The molecule has 0 bridgehead atoms. The van der Waals surface area contributed by atoms with Crippen LogP contribution in [0.2, 0.25) is 5.02 Å². The maximum absolute atomic E-state index is 12.9. The Morgan fingerprint density at radius 3 is 2.73 bits per heavy atom. The van der Waals surface area contributed by atoms with Gasteiger partial charge in [-0.2, -0.15) is 0 Å². The number of nitrogens with zero attached hydrogens (tertiary/aromatic N) is 1. The molecule has 0 N–H and O–H groups in total. The first-order chi connectivity index (χ1) is 10.6. The van der Waals surface area contributed by atoms with E-state index < -0.39 is 0 Å². The Balaban J connectivity index is 2.10. The molecule has 1 heterocycles. The minimum atomic E-state index is -0.0737. The second kappa shape index (κ2) is 6.01. The van der Waals surface area contributed by atoms with E-state index in [1.165, 1.54) is 11.1 Å². The molecule has 2 aromatic rings. The summed E-state index contributed by atoms with van der Waals surface area (Å²) in [5, 5.41) is 0.478. The van der Waals surface area contributed by atoms with Crippen molar-refractivity contribution in [1.29, 1.82) is 0 Å². The number of anilines is 1. The third kappa shape index (κ3) is 2.46. The highest BCUT2D eigenvalue weighted by Crippen LogP contribution is 2.39. The molecule has 22 heavy (non-hydrogen) atoms. The predicted octanol–water partition coefficient (Wildman–Crippen LogP) is 4.25. The van der Waals surface area contributed by atoms with Gasteiger partial charge in [0.2, 0.25) is 0 Å². The number of halogens is 1. The normalized spacial score (nSPS) is 13.7. The van der Waals surface area contributed by atoms with Crippen LogP contribution in [0.25, 0.3) is 0 Å². The van der Waals surface area contributed by atoms with Gasteiger partial charge in [-0.05, 0) is 49.1 Å². The van der Waals surface area contributed by atoms with Crippen molar-refractivity contribution >= 4 is 23.2 Å². The Hall–Kier alpha value is -2.00. The van der Waals surface area contributed by atoms with Gasteiger partial charge in [-0.1, -0.05) is 29.8 Å². The van der Waals surface area contributed by atoms with Crippen LogP contribution in [-0.4, -0.2) is 19.6 Å². The van der Waals surface area contributed by atoms with Crippen molar-refractivity contribution in [3.63, 3.8) is 0 Å². The molecule has 0 unspecified atom stereocenters. The van der Waals surface area contributed by atoms with Crippen LogP contribution in [0.3, 0.4) is 0 Å². The Labute approximate surface area is 135 Å². The number of carbonyl (C=O) groups excluding carboxylic acids is 1. The van der Waals surface area contributed by atoms with Crippen LogP contribution >= 0.6 is 11.6 Å². The number of fused-ring (bicyclic) bond motifs is 1. The minimum absolute atomic E-state index is 0.0737. The fourth-order valence-electron chi connectivity index (χ4n) is 3.00. The van der Waals surface area contributed by atoms with Crippen LogP contribution in [-0.2, 0) is 6.42 Å². The Bertz CT molecular complexity index is 727. The summed E-state index contributed by atoms with van der Waals surface area (Å²) in [7, 11) is 1.64. The van der Waals surface area contributed by atoms with Gasteiger partial charge in [0, 0.05) is 6.54 Å². The highest BCUT2D eigenvalue weighted by Gasteiger charge is 2.28.